The zero-order chi connectivity index (χ0) is 11.8. The lowest BCUT2D eigenvalue weighted by atomic mass is 10.2. The Morgan fingerprint density at radius 1 is 1.41 bits per heavy atom. The third-order valence-electron chi connectivity index (χ3n) is 3.73. The van der Waals surface area contributed by atoms with Crippen LogP contribution < -0.4 is 10.2 Å². The molecule has 3 rings (SSSR count). The Balaban J connectivity index is 1.89. The van der Waals surface area contributed by atoms with E-state index >= 15 is 0 Å². The first kappa shape index (κ1) is 10.9. The van der Waals surface area contributed by atoms with Gasteiger partial charge >= 0.3 is 0 Å². The molecule has 2 heterocycles. The Hall–Kier alpha value is -1.19. The van der Waals surface area contributed by atoms with Crippen molar-refractivity contribution in [2.75, 3.05) is 29.9 Å². The number of hydrogen-bond acceptors (Lipinski definition) is 3. The summed E-state index contributed by atoms with van der Waals surface area (Å²) in [5.41, 5.74) is 2.53. The van der Waals surface area contributed by atoms with Crippen LogP contribution in [0.3, 0.4) is 0 Å². The van der Waals surface area contributed by atoms with Crippen LogP contribution in [0.4, 0.5) is 11.5 Å². The Morgan fingerprint density at radius 2 is 2.24 bits per heavy atom. The summed E-state index contributed by atoms with van der Waals surface area (Å²) >= 11 is 0. The van der Waals surface area contributed by atoms with Crippen LogP contribution in [0.15, 0.2) is 0 Å². The summed E-state index contributed by atoms with van der Waals surface area (Å²) in [5, 5.41) is 8.21. The van der Waals surface area contributed by atoms with Gasteiger partial charge in [0.15, 0.2) is 5.82 Å². The predicted octanol–water partition coefficient (Wildman–Crippen LogP) is 2.01. The van der Waals surface area contributed by atoms with Crippen LogP contribution in [0, 0.1) is 5.92 Å². The van der Waals surface area contributed by atoms with Gasteiger partial charge in [0.2, 0.25) is 0 Å². The Kier molecular flexibility index (Phi) is 2.73. The molecule has 17 heavy (non-hydrogen) atoms. The molecule has 0 bridgehead atoms. The van der Waals surface area contributed by atoms with Gasteiger partial charge in [-0.1, -0.05) is 13.3 Å². The third kappa shape index (κ3) is 2.01. The second-order valence-electron chi connectivity index (χ2n) is 5.34. The summed E-state index contributed by atoms with van der Waals surface area (Å²) in [5.74, 6) is 2.25. The van der Waals surface area contributed by atoms with E-state index in [4.69, 9.17) is 0 Å². The van der Waals surface area contributed by atoms with E-state index < -0.39 is 0 Å². The van der Waals surface area contributed by atoms with Gasteiger partial charge in [0.05, 0.1) is 5.69 Å². The van der Waals surface area contributed by atoms with Gasteiger partial charge in [-0.2, -0.15) is 5.10 Å². The van der Waals surface area contributed by atoms with Crippen LogP contribution in [0.5, 0.6) is 0 Å². The van der Waals surface area contributed by atoms with Crippen LogP contribution in [0.2, 0.25) is 0 Å². The quantitative estimate of drug-likeness (QED) is 0.865. The van der Waals surface area contributed by atoms with E-state index in [1.165, 1.54) is 36.6 Å². The molecule has 0 atom stereocenters. The first-order valence-corrected chi connectivity index (χ1v) is 6.84. The van der Waals surface area contributed by atoms with Crippen molar-refractivity contribution in [2.45, 2.75) is 32.6 Å². The fourth-order valence-corrected chi connectivity index (χ4v) is 2.74. The summed E-state index contributed by atoms with van der Waals surface area (Å²) in [7, 11) is 2.07. The molecule has 0 radical (unpaired) electrons. The van der Waals surface area contributed by atoms with Crippen LogP contribution in [-0.2, 0) is 13.5 Å². The van der Waals surface area contributed by atoms with Gasteiger partial charge in [-0.25, -0.2) is 0 Å². The van der Waals surface area contributed by atoms with Crippen LogP contribution in [-0.4, -0.2) is 29.4 Å². The average molecular weight is 234 g/mol. The molecule has 0 aromatic carbocycles. The lowest BCUT2D eigenvalue weighted by molar-refractivity contribution is 0.662. The Labute approximate surface area is 103 Å². The molecule has 0 unspecified atom stereocenters. The monoisotopic (exact) mass is 234 g/mol. The molecule has 1 aliphatic carbocycles. The topological polar surface area (TPSA) is 33.1 Å². The van der Waals surface area contributed by atoms with E-state index in [1.54, 1.807) is 0 Å². The number of hydrogen-bond donors (Lipinski definition) is 1. The van der Waals surface area contributed by atoms with Crippen molar-refractivity contribution in [3.05, 3.63) is 5.69 Å². The van der Waals surface area contributed by atoms with Crippen molar-refractivity contribution < 1.29 is 0 Å². The number of nitrogens with zero attached hydrogens (tertiary/aromatic N) is 3. The molecule has 0 saturated heterocycles. The highest BCUT2D eigenvalue weighted by atomic mass is 15.4. The maximum absolute atomic E-state index is 4.67. The first-order chi connectivity index (χ1) is 8.29. The molecule has 0 amide bonds. The van der Waals surface area contributed by atoms with Gasteiger partial charge in [0.25, 0.3) is 0 Å². The number of anilines is 2. The minimum atomic E-state index is 0.936. The second kappa shape index (κ2) is 4.24. The molecule has 4 nitrogen and oxygen atoms in total. The summed E-state index contributed by atoms with van der Waals surface area (Å²) in [6.45, 7) is 5.61. The Morgan fingerprint density at radius 3 is 2.94 bits per heavy atom. The number of aryl methyl sites for hydroxylation is 2. The van der Waals surface area contributed by atoms with Crippen molar-refractivity contribution in [3.8, 4) is 0 Å². The average Bonchev–Trinajstić information content (AvgIpc) is 3.06. The van der Waals surface area contributed by atoms with E-state index in [2.05, 4.69) is 34.0 Å². The van der Waals surface area contributed by atoms with Gasteiger partial charge < -0.3 is 10.2 Å². The smallest absolute Gasteiger partial charge is 0.150 e. The van der Waals surface area contributed by atoms with E-state index in [0.717, 1.165) is 31.8 Å². The SMILES string of the molecule is CCCc1nn(C)c2c1NCCN2CC1CC1. The van der Waals surface area contributed by atoms with Gasteiger partial charge in [-0.15, -0.1) is 0 Å². The van der Waals surface area contributed by atoms with Gasteiger partial charge in [-0.05, 0) is 25.2 Å². The molecule has 1 aliphatic heterocycles. The molecule has 1 N–H and O–H groups in total. The Bertz CT molecular complexity index is 406. The fraction of sp³-hybridized carbons (Fsp3) is 0.769. The number of rotatable bonds is 4. The maximum atomic E-state index is 4.67. The van der Waals surface area contributed by atoms with Crippen molar-refractivity contribution >= 4 is 11.5 Å². The molecule has 2 aliphatic rings. The summed E-state index contributed by atoms with van der Waals surface area (Å²) in [6.07, 6.45) is 5.07. The van der Waals surface area contributed by atoms with Crippen LogP contribution in [0.25, 0.3) is 0 Å². The van der Waals surface area contributed by atoms with E-state index in [0.29, 0.717) is 0 Å². The van der Waals surface area contributed by atoms with Gasteiger partial charge in [0, 0.05) is 26.7 Å². The number of fused-ring (bicyclic) bond motifs is 1. The minimum absolute atomic E-state index is 0.936. The minimum Gasteiger partial charge on any atom is -0.379 e. The highest BCUT2D eigenvalue weighted by Gasteiger charge is 2.30. The molecule has 94 valence electrons. The largest absolute Gasteiger partial charge is 0.379 e. The molecular weight excluding hydrogens is 212 g/mol. The van der Waals surface area contributed by atoms with Crippen LogP contribution in [0.1, 0.15) is 31.9 Å². The predicted molar refractivity (Wildman–Crippen MR) is 70.6 cm³/mol. The number of aromatic nitrogens is 2. The van der Waals surface area contributed by atoms with Crippen molar-refractivity contribution in [2.24, 2.45) is 13.0 Å². The van der Waals surface area contributed by atoms with Crippen molar-refractivity contribution in [1.82, 2.24) is 9.78 Å². The first-order valence-electron chi connectivity index (χ1n) is 6.84. The van der Waals surface area contributed by atoms with Crippen molar-refractivity contribution in [3.63, 3.8) is 0 Å². The zero-order valence-corrected chi connectivity index (χ0v) is 10.9. The fourth-order valence-electron chi connectivity index (χ4n) is 2.74. The summed E-state index contributed by atoms with van der Waals surface area (Å²) in [6, 6.07) is 0. The summed E-state index contributed by atoms with van der Waals surface area (Å²) < 4.78 is 2.06. The van der Waals surface area contributed by atoms with Crippen molar-refractivity contribution in [1.29, 1.82) is 0 Å². The molecule has 1 fully saturated rings. The lowest BCUT2D eigenvalue weighted by Gasteiger charge is -2.30. The van der Waals surface area contributed by atoms with E-state index in [9.17, 15) is 0 Å². The second-order valence-corrected chi connectivity index (χ2v) is 5.34. The third-order valence-corrected chi connectivity index (χ3v) is 3.73. The zero-order valence-electron chi connectivity index (χ0n) is 10.9. The highest BCUT2D eigenvalue weighted by molar-refractivity contribution is 5.71. The molecule has 1 saturated carbocycles. The van der Waals surface area contributed by atoms with Crippen LogP contribution >= 0.6 is 0 Å². The van der Waals surface area contributed by atoms with E-state index in [1.807, 2.05) is 0 Å². The van der Waals surface area contributed by atoms with Gasteiger partial charge in [-0.3, -0.25) is 4.68 Å². The normalized spacial score (nSPS) is 19.1. The highest BCUT2D eigenvalue weighted by Crippen LogP contribution is 2.36. The maximum Gasteiger partial charge on any atom is 0.150 e. The lowest BCUT2D eigenvalue weighted by Crippen LogP contribution is -2.36. The number of nitrogens with one attached hydrogen (secondary N) is 1. The molecule has 4 heteroatoms. The standard InChI is InChI=1S/C13H22N4/c1-3-4-11-12-13(16(2)15-11)17(8-7-14-12)9-10-5-6-10/h10,14H,3-9H2,1-2H3. The molecule has 1 aromatic rings. The molecular formula is C13H22N4. The van der Waals surface area contributed by atoms with Gasteiger partial charge in [0.1, 0.15) is 5.69 Å². The van der Waals surface area contributed by atoms with E-state index in [-0.39, 0.29) is 0 Å². The molecule has 0 spiro atoms. The summed E-state index contributed by atoms with van der Waals surface area (Å²) in [4.78, 5) is 2.52. The molecule has 1 aromatic heterocycles.